The van der Waals surface area contributed by atoms with E-state index in [1.165, 1.54) is 17.4 Å². The number of fused-ring (bicyclic) bond motifs is 1. The van der Waals surface area contributed by atoms with Gasteiger partial charge in [-0.05, 0) is 31.4 Å². The van der Waals surface area contributed by atoms with E-state index in [2.05, 4.69) is 4.98 Å². The maximum atomic E-state index is 13.9. The van der Waals surface area contributed by atoms with Crippen molar-refractivity contribution < 1.29 is 9.18 Å². The van der Waals surface area contributed by atoms with Crippen LogP contribution in [0.5, 0.6) is 0 Å². The number of likely N-dealkylation sites (tertiary alicyclic amines) is 1. The summed E-state index contributed by atoms with van der Waals surface area (Å²) in [6.07, 6.45) is 5.28. The van der Waals surface area contributed by atoms with Crippen LogP contribution in [0.3, 0.4) is 0 Å². The Kier molecular flexibility index (Phi) is 4.06. The third-order valence-corrected chi connectivity index (χ3v) is 5.38. The van der Waals surface area contributed by atoms with Crippen LogP contribution in [0.15, 0.2) is 35.8 Å². The highest BCUT2D eigenvalue weighted by molar-refractivity contribution is 7.15. The highest BCUT2D eigenvalue weighted by Gasteiger charge is 2.18. The van der Waals surface area contributed by atoms with Crippen LogP contribution >= 0.6 is 11.3 Å². The number of aromatic nitrogens is 2. The van der Waals surface area contributed by atoms with Gasteiger partial charge in [0.1, 0.15) is 5.82 Å². The monoisotopic (exact) mass is 343 g/mol. The van der Waals surface area contributed by atoms with E-state index in [-0.39, 0.29) is 11.7 Å². The molecule has 0 saturated carbocycles. The third kappa shape index (κ3) is 2.82. The molecule has 0 unspecified atom stereocenters. The van der Waals surface area contributed by atoms with Crippen molar-refractivity contribution in [2.24, 2.45) is 0 Å². The number of carbonyl (C=O) groups excluding carboxylic acids is 1. The maximum Gasteiger partial charge on any atom is 0.222 e. The second-order valence-electron chi connectivity index (χ2n) is 6.07. The number of benzene rings is 1. The number of imidazole rings is 1. The van der Waals surface area contributed by atoms with Gasteiger partial charge < -0.3 is 4.90 Å². The van der Waals surface area contributed by atoms with Crippen LogP contribution in [0.2, 0.25) is 0 Å². The number of aryl methyl sites for hydroxylation is 1. The second kappa shape index (κ2) is 6.36. The van der Waals surface area contributed by atoms with Crippen LogP contribution in [0.4, 0.5) is 4.39 Å². The number of amides is 1. The normalized spacial score (nSPS) is 14.6. The molecule has 1 aliphatic rings. The molecule has 0 N–H and O–H groups in total. The van der Waals surface area contributed by atoms with E-state index >= 15 is 0 Å². The van der Waals surface area contributed by atoms with E-state index < -0.39 is 0 Å². The third-order valence-electron chi connectivity index (χ3n) is 4.49. The summed E-state index contributed by atoms with van der Waals surface area (Å²) in [5.41, 5.74) is 2.19. The van der Waals surface area contributed by atoms with Gasteiger partial charge in [0.15, 0.2) is 4.96 Å². The molecule has 1 fully saturated rings. The van der Waals surface area contributed by atoms with E-state index in [1.54, 1.807) is 12.1 Å². The van der Waals surface area contributed by atoms with Crippen LogP contribution < -0.4 is 0 Å². The van der Waals surface area contributed by atoms with Crippen molar-refractivity contribution in [3.63, 3.8) is 0 Å². The van der Waals surface area contributed by atoms with Crippen molar-refractivity contribution in [3.8, 4) is 11.3 Å². The Hall–Kier alpha value is -2.21. The highest BCUT2D eigenvalue weighted by Crippen LogP contribution is 2.26. The zero-order valence-corrected chi connectivity index (χ0v) is 14.1. The van der Waals surface area contributed by atoms with E-state index in [4.69, 9.17) is 0 Å². The number of halogens is 1. The molecule has 2 aromatic heterocycles. The Labute approximate surface area is 143 Å². The molecule has 6 heteroatoms. The number of nitrogens with zero attached hydrogens (tertiary/aromatic N) is 3. The van der Waals surface area contributed by atoms with Gasteiger partial charge in [-0.3, -0.25) is 9.20 Å². The fourth-order valence-corrected chi connectivity index (χ4v) is 4.07. The van der Waals surface area contributed by atoms with Gasteiger partial charge >= 0.3 is 0 Å². The lowest BCUT2D eigenvalue weighted by Crippen LogP contribution is -2.27. The van der Waals surface area contributed by atoms with E-state index in [0.717, 1.165) is 36.6 Å². The van der Waals surface area contributed by atoms with E-state index in [1.807, 2.05) is 26.9 Å². The Morgan fingerprint density at radius 3 is 2.83 bits per heavy atom. The molecule has 3 aromatic rings. The lowest BCUT2D eigenvalue weighted by atomic mass is 10.1. The summed E-state index contributed by atoms with van der Waals surface area (Å²) in [5, 5.41) is 2.03. The van der Waals surface area contributed by atoms with Gasteiger partial charge in [0, 0.05) is 42.3 Å². The van der Waals surface area contributed by atoms with Crippen molar-refractivity contribution >= 4 is 22.2 Å². The summed E-state index contributed by atoms with van der Waals surface area (Å²) in [6.45, 7) is 1.78. The summed E-state index contributed by atoms with van der Waals surface area (Å²) in [7, 11) is 0. The number of thiazole rings is 1. The molecule has 24 heavy (non-hydrogen) atoms. The summed E-state index contributed by atoms with van der Waals surface area (Å²) in [4.78, 5) is 19.5. The van der Waals surface area contributed by atoms with Crippen molar-refractivity contribution in [2.45, 2.75) is 25.7 Å². The van der Waals surface area contributed by atoms with Crippen molar-refractivity contribution in [3.05, 3.63) is 47.4 Å². The average Bonchev–Trinajstić information content (AvgIpc) is 3.30. The summed E-state index contributed by atoms with van der Waals surface area (Å²) >= 11 is 1.52. The molecule has 124 valence electrons. The topological polar surface area (TPSA) is 37.6 Å². The van der Waals surface area contributed by atoms with Gasteiger partial charge in [0.05, 0.1) is 5.69 Å². The molecule has 0 radical (unpaired) electrons. The van der Waals surface area contributed by atoms with E-state index in [9.17, 15) is 9.18 Å². The molecule has 1 aromatic carbocycles. The minimum Gasteiger partial charge on any atom is -0.343 e. The van der Waals surface area contributed by atoms with Crippen LogP contribution in [0.1, 0.15) is 25.0 Å². The zero-order chi connectivity index (χ0) is 16.5. The Bertz CT molecular complexity index is 879. The zero-order valence-electron chi connectivity index (χ0n) is 13.2. The minimum atomic E-state index is -0.269. The number of hydrogen-bond donors (Lipinski definition) is 0. The van der Waals surface area contributed by atoms with Gasteiger partial charge in [0.2, 0.25) is 5.91 Å². The van der Waals surface area contributed by atoms with Crippen LogP contribution in [0, 0.1) is 5.82 Å². The predicted octanol–water partition coefficient (Wildman–Crippen LogP) is 3.76. The molecule has 4 nitrogen and oxygen atoms in total. The van der Waals surface area contributed by atoms with Gasteiger partial charge in [0.25, 0.3) is 0 Å². The Morgan fingerprint density at radius 2 is 2.04 bits per heavy atom. The van der Waals surface area contributed by atoms with Crippen molar-refractivity contribution in [1.82, 2.24) is 14.3 Å². The predicted molar refractivity (Wildman–Crippen MR) is 92.6 cm³/mol. The standard InChI is InChI=1S/C18H18FN3OS/c19-15-6-2-1-5-14(15)16-11-22-13(12-24-18(22)20-16)7-8-17(23)21-9-3-4-10-21/h1-2,5-6,11-12H,3-4,7-10H2. The molecule has 4 rings (SSSR count). The second-order valence-corrected chi connectivity index (χ2v) is 6.91. The van der Waals surface area contributed by atoms with Crippen LogP contribution in [-0.4, -0.2) is 33.3 Å². The highest BCUT2D eigenvalue weighted by atomic mass is 32.1. The SMILES string of the molecule is O=C(CCc1csc2nc(-c3ccccc3F)cn12)N1CCCC1. The molecule has 3 heterocycles. The Balaban J connectivity index is 1.54. The largest absolute Gasteiger partial charge is 0.343 e. The molecule has 1 saturated heterocycles. The number of hydrogen-bond acceptors (Lipinski definition) is 3. The number of rotatable bonds is 4. The fourth-order valence-electron chi connectivity index (χ4n) is 3.17. The summed E-state index contributed by atoms with van der Waals surface area (Å²) < 4.78 is 15.9. The smallest absolute Gasteiger partial charge is 0.222 e. The first-order valence-electron chi connectivity index (χ1n) is 8.20. The maximum absolute atomic E-state index is 13.9. The van der Waals surface area contributed by atoms with Gasteiger partial charge in [-0.15, -0.1) is 11.3 Å². The lowest BCUT2D eigenvalue weighted by Gasteiger charge is -2.14. The minimum absolute atomic E-state index is 0.223. The molecular formula is C18H18FN3OS. The van der Waals surface area contributed by atoms with Crippen molar-refractivity contribution in [1.29, 1.82) is 0 Å². The number of carbonyl (C=O) groups is 1. The molecular weight excluding hydrogens is 325 g/mol. The first-order chi connectivity index (χ1) is 11.7. The van der Waals surface area contributed by atoms with Crippen LogP contribution in [0.25, 0.3) is 16.2 Å². The fraction of sp³-hybridized carbons (Fsp3) is 0.333. The Morgan fingerprint density at radius 1 is 1.25 bits per heavy atom. The van der Waals surface area contributed by atoms with Gasteiger partial charge in [-0.2, -0.15) is 0 Å². The molecule has 1 amide bonds. The van der Waals surface area contributed by atoms with Gasteiger partial charge in [-0.25, -0.2) is 9.37 Å². The van der Waals surface area contributed by atoms with Gasteiger partial charge in [-0.1, -0.05) is 12.1 Å². The summed E-state index contributed by atoms with van der Waals surface area (Å²) in [6, 6.07) is 6.66. The lowest BCUT2D eigenvalue weighted by molar-refractivity contribution is -0.130. The molecule has 0 bridgehead atoms. The molecule has 0 aliphatic carbocycles. The first-order valence-corrected chi connectivity index (χ1v) is 9.08. The quantitative estimate of drug-likeness (QED) is 0.723. The van der Waals surface area contributed by atoms with Crippen molar-refractivity contribution in [2.75, 3.05) is 13.1 Å². The first kappa shape index (κ1) is 15.3. The molecule has 0 atom stereocenters. The van der Waals surface area contributed by atoms with Crippen LogP contribution in [-0.2, 0) is 11.2 Å². The molecule has 0 spiro atoms. The molecule has 1 aliphatic heterocycles. The average molecular weight is 343 g/mol. The van der Waals surface area contributed by atoms with E-state index in [0.29, 0.717) is 24.1 Å². The summed E-state index contributed by atoms with van der Waals surface area (Å²) in [5.74, 6) is -0.0460.